The fourth-order valence-electron chi connectivity index (χ4n) is 1.83. The van der Waals surface area contributed by atoms with Crippen molar-refractivity contribution in [1.82, 2.24) is 14.6 Å². The van der Waals surface area contributed by atoms with E-state index in [1.165, 1.54) is 0 Å². The number of nitrogens with two attached hydrogens (primary N) is 1. The quantitative estimate of drug-likeness (QED) is 0.683. The van der Waals surface area contributed by atoms with Crippen molar-refractivity contribution in [3.8, 4) is 11.4 Å². The molecule has 0 spiro atoms. The minimum Gasteiger partial charge on any atom is -0.399 e. The molecule has 3 rings (SSSR count). The van der Waals surface area contributed by atoms with Crippen LogP contribution in [0.3, 0.4) is 0 Å². The molecular formula is C13H11ClN4. The van der Waals surface area contributed by atoms with Gasteiger partial charge in [-0.05, 0) is 42.8 Å². The van der Waals surface area contributed by atoms with Gasteiger partial charge in [-0.2, -0.15) is 0 Å². The van der Waals surface area contributed by atoms with Crippen molar-refractivity contribution in [1.29, 1.82) is 0 Å². The van der Waals surface area contributed by atoms with E-state index >= 15 is 0 Å². The predicted molar refractivity (Wildman–Crippen MR) is 72.6 cm³/mol. The Hall–Kier alpha value is -2.07. The van der Waals surface area contributed by atoms with E-state index < -0.39 is 0 Å². The highest BCUT2D eigenvalue weighted by Crippen LogP contribution is 2.22. The maximum Gasteiger partial charge on any atom is 0.182 e. The highest BCUT2D eigenvalue weighted by atomic mass is 35.5. The van der Waals surface area contributed by atoms with Gasteiger partial charge in [-0.25, -0.2) is 9.50 Å². The van der Waals surface area contributed by atoms with Gasteiger partial charge in [0.1, 0.15) is 0 Å². The van der Waals surface area contributed by atoms with E-state index in [0.717, 1.165) is 16.8 Å². The molecule has 2 N–H and O–H groups in total. The number of benzene rings is 1. The lowest BCUT2D eigenvalue weighted by atomic mass is 10.2. The van der Waals surface area contributed by atoms with Crippen LogP contribution < -0.4 is 5.73 Å². The monoisotopic (exact) mass is 258 g/mol. The average Bonchev–Trinajstić information content (AvgIpc) is 2.74. The van der Waals surface area contributed by atoms with Crippen LogP contribution in [0.4, 0.5) is 5.69 Å². The molecule has 3 aromatic rings. The van der Waals surface area contributed by atoms with Crippen molar-refractivity contribution in [2.75, 3.05) is 5.73 Å². The summed E-state index contributed by atoms with van der Waals surface area (Å²) in [5.74, 6) is 0.641. The first-order valence-corrected chi connectivity index (χ1v) is 5.90. The number of rotatable bonds is 1. The lowest BCUT2D eigenvalue weighted by Crippen LogP contribution is -1.89. The number of fused-ring (bicyclic) bond motifs is 1. The standard InChI is InChI=1S/C13H11ClN4/c1-8-6-11(14)13-16-12(17-18(13)7-8)9-2-4-10(15)5-3-9/h2-7H,15H2,1H3. The molecule has 18 heavy (non-hydrogen) atoms. The van der Waals surface area contributed by atoms with Gasteiger partial charge in [-0.1, -0.05) is 11.6 Å². The maximum atomic E-state index is 6.15. The Morgan fingerprint density at radius 1 is 1.22 bits per heavy atom. The van der Waals surface area contributed by atoms with Crippen LogP contribution in [0, 0.1) is 6.92 Å². The summed E-state index contributed by atoms with van der Waals surface area (Å²) in [4.78, 5) is 4.43. The fraction of sp³-hybridized carbons (Fsp3) is 0.0769. The zero-order valence-electron chi connectivity index (χ0n) is 9.76. The maximum absolute atomic E-state index is 6.15. The van der Waals surface area contributed by atoms with Crippen LogP contribution in [-0.4, -0.2) is 14.6 Å². The molecule has 0 aliphatic carbocycles. The summed E-state index contributed by atoms with van der Waals surface area (Å²) in [6.45, 7) is 1.97. The minimum absolute atomic E-state index is 0.601. The lowest BCUT2D eigenvalue weighted by Gasteiger charge is -1.95. The first-order valence-electron chi connectivity index (χ1n) is 5.52. The average molecular weight is 259 g/mol. The summed E-state index contributed by atoms with van der Waals surface area (Å²) in [6, 6.07) is 9.32. The van der Waals surface area contributed by atoms with Crippen molar-refractivity contribution in [2.24, 2.45) is 0 Å². The van der Waals surface area contributed by atoms with Gasteiger partial charge in [-0.3, -0.25) is 0 Å². The minimum atomic E-state index is 0.601. The molecule has 4 nitrogen and oxygen atoms in total. The molecule has 1 aromatic carbocycles. The van der Waals surface area contributed by atoms with E-state index in [2.05, 4.69) is 10.1 Å². The number of nitrogen functional groups attached to an aromatic ring is 1. The molecule has 5 heteroatoms. The number of aryl methyl sites for hydroxylation is 1. The van der Waals surface area contributed by atoms with Gasteiger partial charge in [0.25, 0.3) is 0 Å². The van der Waals surface area contributed by atoms with Crippen LogP contribution in [0.2, 0.25) is 5.02 Å². The van der Waals surface area contributed by atoms with Crippen molar-refractivity contribution < 1.29 is 0 Å². The van der Waals surface area contributed by atoms with Gasteiger partial charge >= 0.3 is 0 Å². The highest BCUT2D eigenvalue weighted by molar-refractivity contribution is 6.33. The second-order valence-electron chi connectivity index (χ2n) is 4.19. The lowest BCUT2D eigenvalue weighted by molar-refractivity contribution is 0.956. The van der Waals surface area contributed by atoms with Crippen LogP contribution >= 0.6 is 11.6 Å². The molecule has 0 saturated heterocycles. The van der Waals surface area contributed by atoms with Gasteiger partial charge in [0, 0.05) is 17.4 Å². The largest absolute Gasteiger partial charge is 0.399 e. The Morgan fingerprint density at radius 2 is 1.94 bits per heavy atom. The van der Waals surface area contributed by atoms with Gasteiger partial charge in [0.05, 0.1) is 5.02 Å². The number of aromatic nitrogens is 3. The number of nitrogens with zero attached hydrogens (tertiary/aromatic N) is 3. The number of halogens is 1. The number of hydrogen-bond acceptors (Lipinski definition) is 3. The number of anilines is 1. The summed E-state index contributed by atoms with van der Waals surface area (Å²) in [5.41, 5.74) is 9.00. The van der Waals surface area contributed by atoms with E-state index in [1.54, 1.807) is 4.52 Å². The van der Waals surface area contributed by atoms with E-state index in [4.69, 9.17) is 17.3 Å². The Labute approximate surface area is 109 Å². The zero-order chi connectivity index (χ0) is 12.7. The molecule has 0 fully saturated rings. The smallest absolute Gasteiger partial charge is 0.182 e. The van der Waals surface area contributed by atoms with E-state index in [9.17, 15) is 0 Å². The normalized spacial score (nSPS) is 11.0. The Balaban J connectivity index is 2.19. The van der Waals surface area contributed by atoms with Crippen LogP contribution in [0.1, 0.15) is 5.56 Å². The summed E-state index contributed by atoms with van der Waals surface area (Å²) >= 11 is 6.15. The van der Waals surface area contributed by atoms with Crippen LogP contribution in [0.15, 0.2) is 36.5 Å². The van der Waals surface area contributed by atoms with Gasteiger partial charge in [0.2, 0.25) is 0 Å². The third kappa shape index (κ3) is 1.80. The van der Waals surface area contributed by atoms with Crippen LogP contribution in [-0.2, 0) is 0 Å². The van der Waals surface area contributed by atoms with Crippen molar-refractivity contribution >= 4 is 22.9 Å². The van der Waals surface area contributed by atoms with Gasteiger partial charge in [-0.15, -0.1) is 5.10 Å². The molecule has 0 saturated carbocycles. The van der Waals surface area contributed by atoms with Crippen LogP contribution in [0.25, 0.3) is 17.0 Å². The predicted octanol–water partition coefficient (Wildman–Crippen LogP) is 2.94. The molecule has 0 radical (unpaired) electrons. The molecule has 0 aliphatic heterocycles. The van der Waals surface area contributed by atoms with Crippen molar-refractivity contribution in [3.63, 3.8) is 0 Å². The van der Waals surface area contributed by atoms with E-state index in [-0.39, 0.29) is 0 Å². The molecule has 0 aliphatic rings. The third-order valence-electron chi connectivity index (χ3n) is 2.69. The molecule has 0 amide bonds. The van der Waals surface area contributed by atoms with Crippen LogP contribution in [0.5, 0.6) is 0 Å². The molecule has 2 aromatic heterocycles. The summed E-state index contributed by atoms with van der Waals surface area (Å²) in [7, 11) is 0. The molecule has 0 atom stereocenters. The second kappa shape index (κ2) is 3.99. The molecule has 0 unspecified atom stereocenters. The van der Waals surface area contributed by atoms with E-state index in [1.807, 2.05) is 43.5 Å². The molecular weight excluding hydrogens is 248 g/mol. The van der Waals surface area contributed by atoms with Crippen molar-refractivity contribution in [3.05, 3.63) is 47.1 Å². The first kappa shape index (κ1) is 11.0. The topological polar surface area (TPSA) is 56.2 Å². The number of hydrogen-bond donors (Lipinski definition) is 1. The highest BCUT2D eigenvalue weighted by Gasteiger charge is 2.09. The molecule has 0 bridgehead atoms. The number of pyridine rings is 1. The summed E-state index contributed by atoms with van der Waals surface area (Å²) < 4.78 is 1.70. The van der Waals surface area contributed by atoms with Gasteiger partial charge in [0.15, 0.2) is 11.5 Å². The summed E-state index contributed by atoms with van der Waals surface area (Å²) in [5, 5.41) is 5.02. The third-order valence-corrected chi connectivity index (χ3v) is 2.97. The zero-order valence-corrected chi connectivity index (χ0v) is 10.5. The van der Waals surface area contributed by atoms with E-state index in [0.29, 0.717) is 16.5 Å². The fourth-order valence-corrected chi connectivity index (χ4v) is 2.13. The SMILES string of the molecule is Cc1cc(Cl)c2nc(-c3ccc(N)cc3)nn2c1. The second-order valence-corrected chi connectivity index (χ2v) is 4.60. The molecule has 2 heterocycles. The Bertz CT molecular complexity index is 716. The Morgan fingerprint density at radius 3 is 2.67 bits per heavy atom. The Kier molecular flexibility index (Phi) is 2.45. The van der Waals surface area contributed by atoms with Gasteiger partial charge < -0.3 is 5.73 Å². The van der Waals surface area contributed by atoms with Crippen molar-refractivity contribution in [2.45, 2.75) is 6.92 Å². The first-order chi connectivity index (χ1) is 8.63. The molecule has 90 valence electrons. The summed E-state index contributed by atoms with van der Waals surface area (Å²) in [6.07, 6.45) is 1.90.